The Morgan fingerprint density at radius 3 is 2.58 bits per heavy atom. The fourth-order valence-electron chi connectivity index (χ4n) is 1.93. The number of carbonyl (C=O) groups is 1. The number of nitrogens with one attached hydrogen (secondary N) is 1. The van der Waals surface area contributed by atoms with Gasteiger partial charge in [-0.15, -0.1) is 0 Å². The van der Waals surface area contributed by atoms with E-state index in [0.717, 1.165) is 11.4 Å². The molecule has 1 unspecified atom stereocenters. The number of hydrogen-bond acceptors (Lipinski definition) is 4. The number of amides is 1. The van der Waals surface area contributed by atoms with Gasteiger partial charge >= 0.3 is 0 Å². The molecule has 1 atom stereocenters. The third-order valence-electron chi connectivity index (χ3n) is 3.31. The summed E-state index contributed by atoms with van der Waals surface area (Å²) in [6.07, 6.45) is 1.08. The summed E-state index contributed by atoms with van der Waals surface area (Å²) < 4.78 is 5.57. The number of anilines is 1. The van der Waals surface area contributed by atoms with Crippen LogP contribution in [0.5, 0.6) is 5.75 Å². The molecule has 2 aromatic rings. The Bertz CT molecular complexity index is 705. The van der Waals surface area contributed by atoms with E-state index < -0.39 is 6.10 Å². The molecule has 1 aromatic carbocycles. The van der Waals surface area contributed by atoms with Gasteiger partial charge in [0.15, 0.2) is 6.10 Å². The van der Waals surface area contributed by atoms with E-state index in [9.17, 15) is 4.79 Å². The van der Waals surface area contributed by atoms with Crippen molar-refractivity contribution in [1.82, 2.24) is 10.3 Å². The van der Waals surface area contributed by atoms with Gasteiger partial charge in [0.25, 0.3) is 5.91 Å². The highest BCUT2D eigenvalue weighted by Crippen LogP contribution is 2.26. The van der Waals surface area contributed by atoms with Crippen molar-refractivity contribution in [1.29, 1.82) is 0 Å². The lowest BCUT2D eigenvalue weighted by molar-refractivity contribution is -0.127. The van der Waals surface area contributed by atoms with Crippen LogP contribution in [0.3, 0.4) is 0 Å². The van der Waals surface area contributed by atoms with Crippen LogP contribution in [0.2, 0.25) is 10.0 Å². The van der Waals surface area contributed by atoms with Gasteiger partial charge in [-0.3, -0.25) is 4.79 Å². The zero-order valence-electron chi connectivity index (χ0n) is 13.7. The van der Waals surface area contributed by atoms with Crippen LogP contribution >= 0.6 is 23.2 Å². The fourth-order valence-corrected chi connectivity index (χ4v) is 2.21. The number of pyridine rings is 1. The van der Waals surface area contributed by atoms with Gasteiger partial charge in [0, 0.05) is 32.9 Å². The summed E-state index contributed by atoms with van der Waals surface area (Å²) in [5.41, 5.74) is 0.913. The standard InChI is InChI=1S/C17H19Cl2N3O2/c1-11(24-13-5-6-14(18)15(19)8-13)17(23)21-10-12-4-7-16(20-9-12)22(2)3/h4-9,11H,10H2,1-3H3,(H,21,23). The van der Waals surface area contributed by atoms with Gasteiger partial charge in [0.1, 0.15) is 11.6 Å². The summed E-state index contributed by atoms with van der Waals surface area (Å²) >= 11 is 11.8. The Labute approximate surface area is 151 Å². The lowest BCUT2D eigenvalue weighted by atomic mass is 10.2. The highest BCUT2D eigenvalue weighted by Gasteiger charge is 2.15. The van der Waals surface area contributed by atoms with E-state index in [2.05, 4.69) is 10.3 Å². The Morgan fingerprint density at radius 2 is 2.00 bits per heavy atom. The molecule has 24 heavy (non-hydrogen) atoms. The Hall–Kier alpha value is -1.98. The van der Waals surface area contributed by atoms with Crippen LogP contribution in [0, 0.1) is 0 Å². The highest BCUT2D eigenvalue weighted by molar-refractivity contribution is 6.42. The average molecular weight is 368 g/mol. The summed E-state index contributed by atoms with van der Waals surface area (Å²) in [5.74, 6) is 1.13. The number of rotatable bonds is 6. The maximum Gasteiger partial charge on any atom is 0.261 e. The lowest BCUT2D eigenvalue weighted by Gasteiger charge is -2.15. The van der Waals surface area contributed by atoms with Gasteiger partial charge in [-0.05, 0) is 30.7 Å². The van der Waals surface area contributed by atoms with E-state index in [4.69, 9.17) is 27.9 Å². The monoisotopic (exact) mass is 367 g/mol. The highest BCUT2D eigenvalue weighted by atomic mass is 35.5. The van der Waals surface area contributed by atoms with Crippen LogP contribution in [0.4, 0.5) is 5.82 Å². The molecular weight excluding hydrogens is 349 g/mol. The molecule has 1 heterocycles. The van der Waals surface area contributed by atoms with Crippen LogP contribution in [-0.2, 0) is 11.3 Å². The van der Waals surface area contributed by atoms with E-state index in [1.807, 2.05) is 31.1 Å². The van der Waals surface area contributed by atoms with Crippen LogP contribution in [0.25, 0.3) is 0 Å². The molecule has 128 valence electrons. The van der Waals surface area contributed by atoms with Crippen LogP contribution in [-0.4, -0.2) is 31.1 Å². The van der Waals surface area contributed by atoms with E-state index in [-0.39, 0.29) is 5.91 Å². The molecule has 5 nitrogen and oxygen atoms in total. The number of carbonyl (C=O) groups excluding carboxylic acids is 1. The molecule has 0 aliphatic heterocycles. The second-order valence-corrected chi connectivity index (χ2v) is 6.29. The first kappa shape index (κ1) is 18.4. The minimum Gasteiger partial charge on any atom is -0.481 e. The molecule has 1 N–H and O–H groups in total. The largest absolute Gasteiger partial charge is 0.481 e. The van der Waals surface area contributed by atoms with Gasteiger partial charge in [-0.25, -0.2) is 4.98 Å². The van der Waals surface area contributed by atoms with Gasteiger partial charge in [0.05, 0.1) is 10.0 Å². The summed E-state index contributed by atoms with van der Waals surface area (Å²) in [7, 11) is 3.84. The number of hydrogen-bond donors (Lipinski definition) is 1. The van der Waals surface area contributed by atoms with Crippen molar-refractivity contribution >= 4 is 34.9 Å². The van der Waals surface area contributed by atoms with Crippen molar-refractivity contribution in [3.8, 4) is 5.75 Å². The normalized spacial score (nSPS) is 11.7. The smallest absolute Gasteiger partial charge is 0.261 e. The van der Waals surface area contributed by atoms with Crippen molar-refractivity contribution in [2.75, 3.05) is 19.0 Å². The predicted octanol–water partition coefficient (Wildman–Crippen LogP) is 3.54. The molecule has 0 saturated heterocycles. The minimum absolute atomic E-state index is 0.224. The topological polar surface area (TPSA) is 54.5 Å². The molecule has 0 aliphatic carbocycles. The van der Waals surface area contributed by atoms with Crippen molar-refractivity contribution in [3.05, 3.63) is 52.1 Å². The maximum absolute atomic E-state index is 12.1. The molecular formula is C17H19Cl2N3O2. The molecule has 1 amide bonds. The van der Waals surface area contributed by atoms with E-state index in [1.165, 1.54) is 0 Å². The first-order valence-corrected chi connectivity index (χ1v) is 8.14. The maximum atomic E-state index is 12.1. The molecule has 0 spiro atoms. The Balaban J connectivity index is 1.88. The minimum atomic E-state index is -0.656. The van der Waals surface area contributed by atoms with Crippen LogP contribution < -0.4 is 15.0 Å². The van der Waals surface area contributed by atoms with Gasteiger partial charge in [0.2, 0.25) is 0 Å². The van der Waals surface area contributed by atoms with Gasteiger partial charge < -0.3 is 15.0 Å². The van der Waals surface area contributed by atoms with Crippen LogP contribution in [0.15, 0.2) is 36.5 Å². The van der Waals surface area contributed by atoms with Crippen molar-refractivity contribution in [3.63, 3.8) is 0 Å². The zero-order chi connectivity index (χ0) is 17.7. The molecule has 0 aliphatic rings. The molecule has 0 bridgehead atoms. The Kier molecular flexibility index (Phi) is 6.29. The number of benzene rings is 1. The van der Waals surface area contributed by atoms with Crippen molar-refractivity contribution < 1.29 is 9.53 Å². The quantitative estimate of drug-likeness (QED) is 0.848. The first-order chi connectivity index (χ1) is 11.4. The third kappa shape index (κ3) is 5.01. The lowest BCUT2D eigenvalue weighted by Crippen LogP contribution is -2.35. The number of aromatic nitrogens is 1. The fraction of sp³-hybridized carbons (Fsp3) is 0.294. The van der Waals surface area contributed by atoms with Gasteiger partial charge in [-0.1, -0.05) is 29.3 Å². The zero-order valence-corrected chi connectivity index (χ0v) is 15.2. The number of halogens is 2. The predicted molar refractivity (Wildman–Crippen MR) is 97.0 cm³/mol. The summed E-state index contributed by atoms with van der Waals surface area (Å²) in [6.45, 7) is 2.06. The van der Waals surface area contributed by atoms with Gasteiger partial charge in [-0.2, -0.15) is 0 Å². The average Bonchev–Trinajstić information content (AvgIpc) is 2.56. The molecule has 1 aromatic heterocycles. The summed E-state index contributed by atoms with van der Waals surface area (Å²) in [6, 6.07) is 8.70. The van der Waals surface area contributed by atoms with E-state index in [1.54, 1.807) is 31.3 Å². The number of ether oxygens (including phenoxy) is 1. The van der Waals surface area contributed by atoms with E-state index >= 15 is 0 Å². The summed E-state index contributed by atoms with van der Waals surface area (Å²) in [4.78, 5) is 18.3. The molecule has 0 fully saturated rings. The molecule has 0 radical (unpaired) electrons. The third-order valence-corrected chi connectivity index (χ3v) is 4.05. The number of nitrogens with zero attached hydrogens (tertiary/aromatic N) is 2. The first-order valence-electron chi connectivity index (χ1n) is 7.38. The van der Waals surface area contributed by atoms with Crippen LogP contribution in [0.1, 0.15) is 12.5 Å². The summed E-state index contributed by atoms with van der Waals surface area (Å²) in [5, 5.41) is 3.64. The molecule has 2 rings (SSSR count). The SMILES string of the molecule is CC(Oc1ccc(Cl)c(Cl)c1)C(=O)NCc1ccc(N(C)C)nc1. The van der Waals surface area contributed by atoms with Crippen molar-refractivity contribution in [2.45, 2.75) is 19.6 Å². The molecule has 7 heteroatoms. The van der Waals surface area contributed by atoms with Crippen molar-refractivity contribution in [2.24, 2.45) is 0 Å². The second kappa shape index (κ2) is 8.22. The molecule has 0 saturated carbocycles. The van der Waals surface area contributed by atoms with E-state index in [0.29, 0.717) is 22.3 Å². The Morgan fingerprint density at radius 1 is 1.25 bits per heavy atom. The second-order valence-electron chi connectivity index (χ2n) is 5.47.